The maximum absolute atomic E-state index is 12.5. The van der Waals surface area contributed by atoms with Crippen molar-refractivity contribution in [2.45, 2.75) is 71.0 Å². The fourth-order valence-electron chi connectivity index (χ4n) is 3.48. The van der Waals surface area contributed by atoms with Crippen LogP contribution in [0.25, 0.3) is 0 Å². The average Bonchev–Trinajstić information content (AvgIpc) is 3.05. The highest BCUT2D eigenvalue weighted by Crippen LogP contribution is 2.40. The van der Waals surface area contributed by atoms with Crippen LogP contribution in [0.5, 0.6) is 0 Å². The standard InChI is InChI=1S/C17H28BNO3/c1-16(2)17(3,4)22-18(21-16)14-9-7-13(8-10-14)15(20)19-11-5-6-12-19/h9,13H,5-8,10-12H2,1-4H3/t13-/m0/s1. The van der Waals surface area contributed by atoms with Gasteiger partial charge in [0, 0.05) is 19.0 Å². The molecule has 122 valence electrons. The molecule has 3 aliphatic rings. The van der Waals surface area contributed by atoms with Crippen LogP contribution in [0.3, 0.4) is 0 Å². The SMILES string of the molecule is CC1(C)OB(C2=CC[C@H](C(=O)N3CCCC3)CC2)OC1(C)C. The molecule has 0 spiro atoms. The van der Waals surface area contributed by atoms with E-state index in [1.54, 1.807) is 0 Å². The lowest BCUT2D eigenvalue weighted by Crippen LogP contribution is -2.41. The van der Waals surface area contributed by atoms with E-state index in [1.165, 1.54) is 5.47 Å². The summed E-state index contributed by atoms with van der Waals surface area (Å²) in [6, 6.07) is 0. The lowest BCUT2D eigenvalue weighted by molar-refractivity contribution is -0.134. The molecule has 1 amide bonds. The fourth-order valence-corrected chi connectivity index (χ4v) is 3.48. The second-order valence-corrected chi connectivity index (χ2v) is 7.87. The Morgan fingerprint density at radius 1 is 1.18 bits per heavy atom. The van der Waals surface area contributed by atoms with Gasteiger partial charge in [0.2, 0.25) is 5.91 Å². The van der Waals surface area contributed by atoms with Gasteiger partial charge >= 0.3 is 7.12 Å². The van der Waals surface area contributed by atoms with Crippen molar-refractivity contribution >= 4 is 13.0 Å². The molecule has 2 saturated heterocycles. The van der Waals surface area contributed by atoms with E-state index < -0.39 is 0 Å². The summed E-state index contributed by atoms with van der Waals surface area (Å²) in [6.45, 7) is 10.2. The number of hydrogen-bond donors (Lipinski definition) is 0. The van der Waals surface area contributed by atoms with E-state index in [2.05, 4.69) is 33.8 Å². The third kappa shape index (κ3) is 2.85. The number of carbonyl (C=O) groups excluding carboxylic acids is 1. The minimum absolute atomic E-state index is 0.157. The first-order chi connectivity index (χ1) is 10.3. The Morgan fingerprint density at radius 3 is 2.27 bits per heavy atom. The number of hydrogen-bond acceptors (Lipinski definition) is 3. The molecule has 2 heterocycles. The van der Waals surface area contributed by atoms with Crippen LogP contribution in [0.15, 0.2) is 11.5 Å². The Kier molecular flexibility index (Phi) is 4.15. The van der Waals surface area contributed by atoms with E-state index >= 15 is 0 Å². The van der Waals surface area contributed by atoms with E-state index in [-0.39, 0.29) is 24.2 Å². The van der Waals surface area contributed by atoms with Crippen molar-refractivity contribution < 1.29 is 14.1 Å². The number of rotatable bonds is 2. The predicted octanol–water partition coefficient (Wildman–Crippen LogP) is 2.97. The highest BCUT2D eigenvalue weighted by Gasteiger charge is 2.52. The third-order valence-electron chi connectivity index (χ3n) is 5.77. The molecule has 1 atom stereocenters. The molecule has 5 heteroatoms. The molecule has 3 rings (SSSR count). The summed E-state index contributed by atoms with van der Waals surface area (Å²) in [6.07, 6.45) is 7.16. The second kappa shape index (κ2) is 5.68. The topological polar surface area (TPSA) is 38.8 Å². The van der Waals surface area contributed by atoms with Crippen LogP contribution in [0.1, 0.15) is 59.8 Å². The Morgan fingerprint density at radius 2 is 1.77 bits per heavy atom. The zero-order valence-electron chi connectivity index (χ0n) is 14.4. The van der Waals surface area contributed by atoms with E-state index in [9.17, 15) is 4.79 Å². The zero-order valence-corrected chi connectivity index (χ0v) is 14.4. The quantitative estimate of drug-likeness (QED) is 0.736. The maximum atomic E-state index is 12.5. The molecule has 0 unspecified atom stereocenters. The van der Waals surface area contributed by atoms with Crippen LogP contribution in [-0.4, -0.2) is 42.2 Å². The minimum atomic E-state index is -0.291. The Balaban J connectivity index is 1.61. The molecule has 4 nitrogen and oxygen atoms in total. The lowest BCUT2D eigenvalue weighted by Gasteiger charge is -2.32. The highest BCUT2D eigenvalue weighted by atomic mass is 16.7. The number of amides is 1. The minimum Gasteiger partial charge on any atom is -0.400 e. The molecule has 0 aromatic rings. The molecule has 0 bridgehead atoms. The molecule has 0 radical (unpaired) electrons. The van der Waals surface area contributed by atoms with Gasteiger partial charge in [-0.2, -0.15) is 0 Å². The molecular weight excluding hydrogens is 277 g/mol. The van der Waals surface area contributed by atoms with Crippen molar-refractivity contribution in [3.05, 3.63) is 11.5 Å². The number of nitrogens with zero attached hydrogens (tertiary/aromatic N) is 1. The van der Waals surface area contributed by atoms with Gasteiger partial charge in [-0.25, -0.2) is 0 Å². The molecule has 1 aliphatic carbocycles. The van der Waals surface area contributed by atoms with Crippen LogP contribution in [-0.2, 0) is 14.1 Å². The molecule has 22 heavy (non-hydrogen) atoms. The molecule has 2 fully saturated rings. The van der Waals surface area contributed by atoms with Crippen molar-refractivity contribution in [3.8, 4) is 0 Å². The fraction of sp³-hybridized carbons (Fsp3) is 0.824. The van der Waals surface area contributed by atoms with Gasteiger partial charge < -0.3 is 14.2 Å². The first kappa shape index (κ1) is 16.1. The molecular formula is C17H28BNO3. The summed E-state index contributed by atoms with van der Waals surface area (Å²) in [5.41, 5.74) is 0.630. The van der Waals surface area contributed by atoms with Crippen molar-refractivity contribution in [1.82, 2.24) is 4.90 Å². The normalized spacial score (nSPS) is 30.5. The van der Waals surface area contributed by atoms with Gasteiger partial charge in [0.05, 0.1) is 11.2 Å². The van der Waals surface area contributed by atoms with Crippen LogP contribution in [0.2, 0.25) is 0 Å². The molecule has 2 aliphatic heterocycles. The predicted molar refractivity (Wildman–Crippen MR) is 87.3 cm³/mol. The van der Waals surface area contributed by atoms with Gasteiger partial charge in [-0.15, -0.1) is 0 Å². The monoisotopic (exact) mass is 305 g/mol. The van der Waals surface area contributed by atoms with Gasteiger partial charge in [0.15, 0.2) is 0 Å². The highest BCUT2D eigenvalue weighted by molar-refractivity contribution is 6.54. The smallest absolute Gasteiger partial charge is 0.400 e. The largest absolute Gasteiger partial charge is 0.490 e. The molecule has 0 aromatic heterocycles. The summed E-state index contributed by atoms with van der Waals surface area (Å²) in [5, 5.41) is 0. The number of likely N-dealkylation sites (tertiary alicyclic amines) is 1. The summed E-state index contributed by atoms with van der Waals surface area (Å²) < 4.78 is 12.2. The molecule has 0 N–H and O–H groups in total. The Labute approximate surface area is 134 Å². The zero-order chi connectivity index (χ0) is 16.0. The number of allylic oxidation sites excluding steroid dienone is 2. The summed E-state index contributed by atoms with van der Waals surface area (Å²) in [5.74, 6) is 0.506. The number of carbonyl (C=O) groups is 1. The summed E-state index contributed by atoms with van der Waals surface area (Å²) in [4.78, 5) is 14.5. The van der Waals surface area contributed by atoms with Crippen molar-refractivity contribution in [2.75, 3.05) is 13.1 Å². The van der Waals surface area contributed by atoms with Crippen molar-refractivity contribution in [3.63, 3.8) is 0 Å². The van der Waals surface area contributed by atoms with Crippen LogP contribution in [0, 0.1) is 5.92 Å². The van der Waals surface area contributed by atoms with E-state index in [4.69, 9.17) is 9.31 Å². The van der Waals surface area contributed by atoms with Crippen molar-refractivity contribution in [1.29, 1.82) is 0 Å². The van der Waals surface area contributed by atoms with Gasteiger partial charge in [-0.05, 0) is 65.3 Å². The van der Waals surface area contributed by atoms with E-state index in [1.807, 2.05) is 4.90 Å². The van der Waals surface area contributed by atoms with Gasteiger partial charge in [-0.1, -0.05) is 6.08 Å². The van der Waals surface area contributed by atoms with Gasteiger partial charge in [-0.3, -0.25) is 4.79 Å². The van der Waals surface area contributed by atoms with Crippen LogP contribution < -0.4 is 0 Å². The second-order valence-electron chi connectivity index (χ2n) is 7.87. The molecule has 0 saturated carbocycles. The molecule has 0 aromatic carbocycles. The summed E-state index contributed by atoms with van der Waals surface area (Å²) >= 11 is 0. The van der Waals surface area contributed by atoms with Gasteiger partial charge in [0.25, 0.3) is 0 Å². The summed E-state index contributed by atoms with van der Waals surface area (Å²) in [7, 11) is -0.243. The van der Waals surface area contributed by atoms with E-state index in [0.717, 1.165) is 45.2 Å². The lowest BCUT2D eigenvalue weighted by atomic mass is 9.70. The third-order valence-corrected chi connectivity index (χ3v) is 5.77. The average molecular weight is 305 g/mol. The van der Waals surface area contributed by atoms with Crippen LogP contribution in [0.4, 0.5) is 0 Å². The first-order valence-corrected chi connectivity index (χ1v) is 8.63. The Bertz CT molecular complexity index is 464. The van der Waals surface area contributed by atoms with Crippen molar-refractivity contribution in [2.24, 2.45) is 5.92 Å². The Hall–Kier alpha value is -0.805. The first-order valence-electron chi connectivity index (χ1n) is 8.63. The van der Waals surface area contributed by atoms with Gasteiger partial charge in [0.1, 0.15) is 0 Å². The van der Waals surface area contributed by atoms with Crippen LogP contribution >= 0.6 is 0 Å². The maximum Gasteiger partial charge on any atom is 0.490 e. The van der Waals surface area contributed by atoms with E-state index in [0.29, 0.717) is 5.91 Å².